The van der Waals surface area contributed by atoms with Crippen LogP contribution in [0.4, 0.5) is 17.1 Å². The Hall–Kier alpha value is -5.04. The van der Waals surface area contributed by atoms with Crippen LogP contribution in [-0.2, 0) is 0 Å². The molecular formula is C28H18N2O5. The Morgan fingerprint density at radius 3 is 1.74 bits per heavy atom. The molecular weight excluding hydrogens is 444 g/mol. The van der Waals surface area contributed by atoms with Crippen molar-refractivity contribution in [3.8, 4) is 0 Å². The molecule has 35 heavy (non-hydrogen) atoms. The lowest BCUT2D eigenvalue weighted by Crippen LogP contribution is -2.25. The fraction of sp³-hybridized carbons (Fsp3) is 0. The number of benzene rings is 4. The van der Waals surface area contributed by atoms with Crippen LogP contribution in [0, 0.1) is 0 Å². The van der Waals surface area contributed by atoms with Crippen LogP contribution in [-0.4, -0.2) is 28.5 Å². The van der Waals surface area contributed by atoms with E-state index in [1.165, 1.54) is 12.1 Å². The van der Waals surface area contributed by atoms with Crippen LogP contribution in [0.25, 0.3) is 0 Å². The Morgan fingerprint density at radius 1 is 0.600 bits per heavy atom. The first-order valence-corrected chi connectivity index (χ1v) is 10.8. The summed E-state index contributed by atoms with van der Waals surface area (Å²) in [6, 6.07) is 24.3. The molecule has 4 aromatic rings. The van der Waals surface area contributed by atoms with E-state index < -0.39 is 11.9 Å². The summed E-state index contributed by atoms with van der Waals surface area (Å²) in [7, 11) is 0. The van der Waals surface area contributed by atoms with Crippen molar-refractivity contribution in [1.82, 2.24) is 0 Å². The zero-order valence-electron chi connectivity index (χ0n) is 18.2. The lowest BCUT2D eigenvalue weighted by molar-refractivity contribution is 0.0696. The van der Waals surface area contributed by atoms with E-state index in [1.807, 2.05) is 0 Å². The summed E-state index contributed by atoms with van der Waals surface area (Å²) >= 11 is 0. The number of carbonyl (C=O) groups excluding carboxylic acids is 3. The van der Waals surface area contributed by atoms with Crippen molar-refractivity contribution < 1.29 is 24.3 Å². The van der Waals surface area contributed by atoms with Gasteiger partial charge in [-0.15, -0.1) is 0 Å². The molecule has 3 N–H and O–H groups in total. The Balaban J connectivity index is 1.60. The van der Waals surface area contributed by atoms with Gasteiger partial charge in [-0.05, 0) is 48.5 Å². The summed E-state index contributed by atoms with van der Waals surface area (Å²) < 4.78 is 0. The van der Waals surface area contributed by atoms with Crippen LogP contribution in [0.3, 0.4) is 0 Å². The Labute approximate surface area is 200 Å². The van der Waals surface area contributed by atoms with Gasteiger partial charge in [-0.1, -0.05) is 42.5 Å². The normalized spacial score (nSPS) is 11.9. The fourth-order valence-electron chi connectivity index (χ4n) is 4.07. The minimum Gasteiger partial charge on any atom is -0.478 e. The van der Waals surface area contributed by atoms with E-state index in [1.54, 1.807) is 78.9 Å². The SMILES string of the molecule is O=C(O)c1ccc(Nc2ccc(NC(=O)c3ccccc3)c3c2C(=O)c2ccccc2C3=O)cc1. The highest BCUT2D eigenvalue weighted by atomic mass is 16.4. The number of rotatable bonds is 5. The van der Waals surface area contributed by atoms with Gasteiger partial charge in [0.15, 0.2) is 11.6 Å². The maximum Gasteiger partial charge on any atom is 0.335 e. The Bertz CT molecular complexity index is 1510. The number of nitrogens with one attached hydrogen (secondary N) is 2. The lowest BCUT2D eigenvalue weighted by atomic mass is 9.82. The van der Waals surface area contributed by atoms with Gasteiger partial charge in [0.2, 0.25) is 0 Å². The number of fused-ring (bicyclic) bond motifs is 2. The molecule has 4 aromatic carbocycles. The van der Waals surface area contributed by atoms with Crippen LogP contribution >= 0.6 is 0 Å². The smallest absolute Gasteiger partial charge is 0.335 e. The summed E-state index contributed by atoms with van der Waals surface area (Å²) in [6.45, 7) is 0. The molecule has 0 aromatic heterocycles. The average molecular weight is 462 g/mol. The number of amides is 1. The van der Waals surface area contributed by atoms with Gasteiger partial charge in [0, 0.05) is 22.4 Å². The number of carboxylic acids is 1. The molecule has 0 atom stereocenters. The molecule has 0 radical (unpaired) electrons. The van der Waals surface area contributed by atoms with Gasteiger partial charge in [-0.2, -0.15) is 0 Å². The van der Waals surface area contributed by atoms with Gasteiger partial charge in [0.05, 0.1) is 28.1 Å². The van der Waals surface area contributed by atoms with E-state index in [0.717, 1.165) is 0 Å². The van der Waals surface area contributed by atoms with E-state index in [4.69, 9.17) is 5.11 Å². The van der Waals surface area contributed by atoms with Crippen molar-refractivity contribution >= 4 is 40.5 Å². The second-order valence-corrected chi connectivity index (χ2v) is 7.94. The third kappa shape index (κ3) is 3.95. The standard InChI is InChI=1S/C28H18N2O5/c31-25-19-8-4-5-9-20(19)26(32)24-22(30-27(33)16-6-2-1-3-7-16)15-14-21(23(24)25)29-18-12-10-17(11-13-18)28(34)35/h1-15,29H,(H,30,33)(H,34,35). The third-order valence-corrected chi connectivity index (χ3v) is 5.77. The third-order valence-electron chi connectivity index (χ3n) is 5.77. The second-order valence-electron chi connectivity index (χ2n) is 7.94. The van der Waals surface area contributed by atoms with Crippen molar-refractivity contribution in [2.75, 3.05) is 10.6 Å². The molecule has 0 aliphatic heterocycles. The van der Waals surface area contributed by atoms with Crippen molar-refractivity contribution in [3.63, 3.8) is 0 Å². The van der Waals surface area contributed by atoms with Crippen LogP contribution in [0.2, 0.25) is 0 Å². The molecule has 0 spiro atoms. The van der Waals surface area contributed by atoms with E-state index in [0.29, 0.717) is 16.9 Å². The zero-order valence-corrected chi connectivity index (χ0v) is 18.2. The van der Waals surface area contributed by atoms with E-state index >= 15 is 0 Å². The minimum atomic E-state index is -1.05. The molecule has 0 bridgehead atoms. The Morgan fingerprint density at radius 2 is 1.14 bits per heavy atom. The highest BCUT2D eigenvalue weighted by Gasteiger charge is 2.34. The molecule has 1 aliphatic carbocycles. The zero-order chi connectivity index (χ0) is 24.5. The van der Waals surface area contributed by atoms with Gasteiger partial charge in [0.25, 0.3) is 5.91 Å². The maximum absolute atomic E-state index is 13.5. The summed E-state index contributed by atoms with van der Waals surface area (Å²) in [4.78, 5) is 51.0. The number of aromatic carboxylic acids is 1. The highest BCUT2D eigenvalue weighted by Crippen LogP contribution is 2.37. The number of ketones is 2. The predicted molar refractivity (Wildman–Crippen MR) is 131 cm³/mol. The van der Waals surface area contributed by atoms with Crippen molar-refractivity contribution in [2.45, 2.75) is 0 Å². The number of hydrogen-bond donors (Lipinski definition) is 3. The quantitative estimate of drug-likeness (QED) is 0.333. The molecule has 0 heterocycles. The molecule has 5 rings (SSSR count). The van der Waals surface area contributed by atoms with Crippen molar-refractivity contribution in [1.29, 1.82) is 0 Å². The van der Waals surface area contributed by atoms with Crippen LogP contribution in [0.1, 0.15) is 52.6 Å². The molecule has 170 valence electrons. The largest absolute Gasteiger partial charge is 0.478 e. The molecule has 1 amide bonds. The monoisotopic (exact) mass is 462 g/mol. The van der Waals surface area contributed by atoms with Gasteiger partial charge < -0.3 is 15.7 Å². The van der Waals surface area contributed by atoms with Crippen LogP contribution < -0.4 is 10.6 Å². The number of carboxylic acid groups (broad SMARTS) is 1. The second kappa shape index (κ2) is 8.72. The maximum atomic E-state index is 13.5. The number of anilines is 3. The number of hydrogen-bond acceptors (Lipinski definition) is 5. The molecule has 0 fully saturated rings. The molecule has 0 saturated carbocycles. The molecule has 0 unspecified atom stereocenters. The highest BCUT2D eigenvalue weighted by molar-refractivity contribution is 6.32. The Kier molecular flexibility index (Phi) is 5.43. The van der Waals surface area contributed by atoms with E-state index in [9.17, 15) is 19.2 Å². The molecule has 7 nitrogen and oxygen atoms in total. The fourth-order valence-corrected chi connectivity index (χ4v) is 4.07. The van der Waals surface area contributed by atoms with Gasteiger partial charge in [-0.25, -0.2) is 4.79 Å². The van der Waals surface area contributed by atoms with E-state index in [-0.39, 0.29) is 45.1 Å². The van der Waals surface area contributed by atoms with Gasteiger partial charge in [-0.3, -0.25) is 14.4 Å². The first-order valence-electron chi connectivity index (χ1n) is 10.8. The van der Waals surface area contributed by atoms with E-state index in [2.05, 4.69) is 10.6 Å². The topological polar surface area (TPSA) is 113 Å². The molecule has 0 saturated heterocycles. The summed E-state index contributed by atoms with van der Waals surface area (Å²) in [5, 5.41) is 15.0. The average Bonchev–Trinajstić information content (AvgIpc) is 2.88. The molecule has 1 aliphatic rings. The first kappa shape index (κ1) is 21.8. The van der Waals surface area contributed by atoms with Crippen LogP contribution in [0.15, 0.2) is 91.0 Å². The predicted octanol–water partition coefficient (Wildman–Crippen LogP) is 5.16. The van der Waals surface area contributed by atoms with Crippen LogP contribution in [0.5, 0.6) is 0 Å². The summed E-state index contributed by atoms with van der Waals surface area (Å²) in [5.41, 5.74) is 2.46. The van der Waals surface area contributed by atoms with Gasteiger partial charge >= 0.3 is 5.97 Å². The number of carbonyl (C=O) groups is 4. The molecule has 7 heteroatoms. The van der Waals surface area contributed by atoms with Crippen molar-refractivity contribution in [2.24, 2.45) is 0 Å². The summed E-state index contributed by atoms with van der Waals surface area (Å²) in [6.07, 6.45) is 0. The lowest BCUT2D eigenvalue weighted by Gasteiger charge is -2.23. The first-order chi connectivity index (χ1) is 16.9. The minimum absolute atomic E-state index is 0.102. The summed E-state index contributed by atoms with van der Waals surface area (Å²) in [5.74, 6) is -2.18. The van der Waals surface area contributed by atoms with Gasteiger partial charge in [0.1, 0.15) is 0 Å². The van der Waals surface area contributed by atoms with Crippen molar-refractivity contribution in [3.05, 3.63) is 124 Å².